The molecule has 1 aromatic rings. The molecule has 0 aliphatic carbocycles. The van der Waals surface area contributed by atoms with Gasteiger partial charge in [0.25, 0.3) is 0 Å². The van der Waals surface area contributed by atoms with Crippen LogP contribution in [0.5, 0.6) is 0 Å². The second kappa shape index (κ2) is 7.99. The maximum absolute atomic E-state index is 13.2. The van der Waals surface area contributed by atoms with Gasteiger partial charge in [-0.1, -0.05) is 19.8 Å². The van der Waals surface area contributed by atoms with Crippen LogP contribution < -0.4 is 11.1 Å². The van der Waals surface area contributed by atoms with E-state index in [9.17, 15) is 13.4 Å². The van der Waals surface area contributed by atoms with Gasteiger partial charge >= 0.3 is 0 Å². The molecule has 0 spiro atoms. The SMILES string of the molecule is CCCCCNC(=O)C(C)S(=O)c1cc(F)ccc1N. The number of benzene rings is 1. The molecule has 0 aromatic heterocycles. The molecule has 0 saturated carbocycles. The molecule has 0 bridgehead atoms. The molecule has 2 unspecified atom stereocenters. The zero-order valence-electron chi connectivity index (χ0n) is 11.8. The Labute approximate surface area is 121 Å². The highest BCUT2D eigenvalue weighted by molar-refractivity contribution is 7.86. The Bertz CT molecular complexity index is 494. The minimum Gasteiger partial charge on any atom is -0.398 e. The van der Waals surface area contributed by atoms with Gasteiger partial charge in [0.2, 0.25) is 5.91 Å². The van der Waals surface area contributed by atoms with Crippen LogP contribution >= 0.6 is 0 Å². The van der Waals surface area contributed by atoms with E-state index < -0.39 is 21.9 Å². The van der Waals surface area contributed by atoms with E-state index in [1.807, 2.05) is 0 Å². The fourth-order valence-electron chi connectivity index (χ4n) is 1.70. The Kier molecular flexibility index (Phi) is 6.64. The smallest absolute Gasteiger partial charge is 0.235 e. The quantitative estimate of drug-likeness (QED) is 0.599. The number of halogens is 1. The summed E-state index contributed by atoms with van der Waals surface area (Å²) in [6.45, 7) is 4.19. The first kappa shape index (κ1) is 16.6. The number of nitrogens with one attached hydrogen (secondary N) is 1. The topological polar surface area (TPSA) is 72.2 Å². The fraction of sp³-hybridized carbons (Fsp3) is 0.500. The van der Waals surface area contributed by atoms with E-state index in [4.69, 9.17) is 5.73 Å². The Morgan fingerprint density at radius 1 is 1.45 bits per heavy atom. The maximum Gasteiger partial charge on any atom is 0.235 e. The number of nitrogens with two attached hydrogens (primary N) is 1. The Morgan fingerprint density at radius 3 is 2.80 bits per heavy atom. The molecule has 112 valence electrons. The van der Waals surface area contributed by atoms with Crippen molar-refractivity contribution >= 4 is 22.4 Å². The van der Waals surface area contributed by atoms with Crippen LogP contribution in [0.2, 0.25) is 0 Å². The number of anilines is 1. The van der Waals surface area contributed by atoms with Gasteiger partial charge in [0.05, 0.1) is 15.7 Å². The normalized spacial score (nSPS) is 13.8. The van der Waals surface area contributed by atoms with Crippen LogP contribution in [0.3, 0.4) is 0 Å². The molecular formula is C14H21FN2O2S. The first-order chi connectivity index (χ1) is 9.47. The van der Waals surface area contributed by atoms with E-state index in [0.717, 1.165) is 25.3 Å². The summed E-state index contributed by atoms with van der Waals surface area (Å²) in [5.41, 5.74) is 5.91. The first-order valence-corrected chi connectivity index (χ1v) is 7.92. The minimum absolute atomic E-state index is 0.168. The Morgan fingerprint density at radius 2 is 2.15 bits per heavy atom. The predicted molar refractivity (Wildman–Crippen MR) is 79.2 cm³/mol. The van der Waals surface area contributed by atoms with Crippen molar-refractivity contribution in [2.75, 3.05) is 12.3 Å². The number of carbonyl (C=O) groups excluding carboxylic acids is 1. The lowest BCUT2D eigenvalue weighted by molar-refractivity contribution is -0.120. The van der Waals surface area contributed by atoms with Crippen molar-refractivity contribution in [2.45, 2.75) is 43.3 Å². The summed E-state index contributed by atoms with van der Waals surface area (Å²) in [6, 6.07) is 3.67. The minimum atomic E-state index is -1.66. The molecule has 2 atom stereocenters. The Balaban J connectivity index is 2.66. The van der Waals surface area contributed by atoms with Gasteiger partial charge in [0.1, 0.15) is 11.1 Å². The maximum atomic E-state index is 13.2. The lowest BCUT2D eigenvalue weighted by Gasteiger charge is -2.13. The standard InChI is InChI=1S/C14H21FN2O2S/c1-3-4-5-8-17-14(18)10(2)20(19)13-9-11(15)6-7-12(13)16/h6-7,9-10H,3-5,8,16H2,1-2H3,(H,17,18). The van der Waals surface area contributed by atoms with Crippen LogP contribution in [0, 0.1) is 5.82 Å². The van der Waals surface area contributed by atoms with Crippen LogP contribution in [0.1, 0.15) is 33.1 Å². The highest BCUT2D eigenvalue weighted by atomic mass is 32.2. The van der Waals surface area contributed by atoms with Gasteiger partial charge in [0, 0.05) is 12.2 Å². The van der Waals surface area contributed by atoms with Gasteiger partial charge in [0.15, 0.2) is 0 Å². The number of hydrogen-bond acceptors (Lipinski definition) is 3. The summed E-state index contributed by atoms with van der Waals surface area (Å²) in [5, 5.41) is 1.97. The summed E-state index contributed by atoms with van der Waals surface area (Å²) < 4.78 is 25.4. The molecule has 20 heavy (non-hydrogen) atoms. The lowest BCUT2D eigenvalue weighted by atomic mass is 10.2. The van der Waals surface area contributed by atoms with Gasteiger partial charge < -0.3 is 11.1 Å². The average molecular weight is 300 g/mol. The summed E-state index contributed by atoms with van der Waals surface area (Å²) >= 11 is 0. The van der Waals surface area contributed by atoms with Crippen molar-refractivity contribution in [1.29, 1.82) is 0 Å². The van der Waals surface area contributed by atoms with E-state index in [-0.39, 0.29) is 16.5 Å². The molecule has 0 heterocycles. The third-order valence-corrected chi connectivity index (χ3v) is 4.61. The molecule has 6 heteroatoms. The molecule has 1 amide bonds. The molecule has 1 rings (SSSR count). The van der Waals surface area contributed by atoms with Crippen LogP contribution in [0.25, 0.3) is 0 Å². The van der Waals surface area contributed by atoms with Gasteiger partial charge in [-0.05, 0) is 31.5 Å². The van der Waals surface area contributed by atoms with Gasteiger partial charge in [-0.2, -0.15) is 0 Å². The molecule has 0 aliphatic heterocycles. The molecule has 0 radical (unpaired) electrons. The van der Waals surface area contributed by atoms with Crippen LogP contribution in [-0.4, -0.2) is 21.9 Å². The Hall–Kier alpha value is -1.43. The van der Waals surface area contributed by atoms with Gasteiger partial charge in [-0.3, -0.25) is 9.00 Å². The van der Waals surface area contributed by atoms with Crippen LogP contribution in [0.4, 0.5) is 10.1 Å². The number of amides is 1. The second-order valence-corrected chi connectivity index (χ2v) is 6.36. The molecule has 4 nitrogen and oxygen atoms in total. The van der Waals surface area contributed by atoms with Crippen molar-refractivity contribution in [3.63, 3.8) is 0 Å². The number of hydrogen-bond donors (Lipinski definition) is 2. The van der Waals surface area contributed by atoms with Crippen molar-refractivity contribution in [2.24, 2.45) is 0 Å². The van der Waals surface area contributed by atoms with E-state index in [1.165, 1.54) is 12.1 Å². The van der Waals surface area contributed by atoms with Crippen molar-refractivity contribution in [3.05, 3.63) is 24.0 Å². The third kappa shape index (κ3) is 4.59. The van der Waals surface area contributed by atoms with Crippen LogP contribution in [0.15, 0.2) is 23.1 Å². The zero-order chi connectivity index (χ0) is 15.1. The van der Waals surface area contributed by atoms with Crippen molar-refractivity contribution in [1.82, 2.24) is 5.32 Å². The summed E-state index contributed by atoms with van der Waals surface area (Å²) in [6.07, 6.45) is 3.00. The first-order valence-electron chi connectivity index (χ1n) is 6.70. The van der Waals surface area contributed by atoms with Crippen molar-refractivity contribution < 1.29 is 13.4 Å². The van der Waals surface area contributed by atoms with E-state index >= 15 is 0 Å². The molecule has 0 aliphatic rings. The third-order valence-electron chi connectivity index (χ3n) is 2.96. The number of rotatable bonds is 7. The largest absolute Gasteiger partial charge is 0.398 e. The number of unbranched alkanes of at least 4 members (excludes halogenated alkanes) is 2. The van der Waals surface area contributed by atoms with E-state index in [0.29, 0.717) is 6.54 Å². The zero-order valence-corrected chi connectivity index (χ0v) is 12.6. The van der Waals surface area contributed by atoms with Crippen molar-refractivity contribution in [3.8, 4) is 0 Å². The van der Waals surface area contributed by atoms with E-state index in [2.05, 4.69) is 12.2 Å². The lowest BCUT2D eigenvalue weighted by Crippen LogP contribution is -2.36. The molecule has 3 N–H and O–H groups in total. The highest BCUT2D eigenvalue weighted by Gasteiger charge is 2.23. The number of carbonyl (C=O) groups is 1. The molecular weight excluding hydrogens is 279 g/mol. The highest BCUT2D eigenvalue weighted by Crippen LogP contribution is 2.20. The molecule has 0 fully saturated rings. The summed E-state index contributed by atoms with van der Waals surface area (Å²) in [5.74, 6) is -0.818. The van der Waals surface area contributed by atoms with Gasteiger partial charge in [-0.25, -0.2) is 4.39 Å². The number of nitrogen functional groups attached to an aromatic ring is 1. The van der Waals surface area contributed by atoms with E-state index in [1.54, 1.807) is 6.92 Å². The molecule has 0 saturated heterocycles. The predicted octanol–water partition coefficient (Wildman–Crippen LogP) is 2.21. The fourth-order valence-corrected chi connectivity index (χ4v) is 2.89. The van der Waals surface area contributed by atoms with Gasteiger partial charge in [-0.15, -0.1) is 0 Å². The van der Waals surface area contributed by atoms with Crippen LogP contribution in [-0.2, 0) is 15.6 Å². The average Bonchev–Trinajstić information content (AvgIpc) is 2.44. The monoisotopic (exact) mass is 300 g/mol. The summed E-state index contributed by atoms with van der Waals surface area (Å²) in [7, 11) is -1.66. The second-order valence-electron chi connectivity index (χ2n) is 4.62. The molecule has 1 aromatic carbocycles. The summed E-state index contributed by atoms with van der Waals surface area (Å²) in [4.78, 5) is 12.0.